The van der Waals surface area contributed by atoms with Crippen LogP contribution in [0.1, 0.15) is 32.6 Å². The van der Waals surface area contributed by atoms with Crippen LogP contribution in [0.15, 0.2) is 0 Å². The Morgan fingerprint density at radius 1 is 1.38 bits per heavy atom. The van der Waals surface area contributed by atoms with Crippen LogP contribution in [0.5, 0.6) is 0 Å². The first kappa shape index (κ1) is 11.6. The summed E-state index contributed by atoms with van der Waals surface area (Å²) in [5.41, 5.74) is 0. The number of halogens is 1. The average molecular weight is 176 g/mol. The quantitative estimate of drug-likeness (QED) is 0.351. The summed E-state index contributed by atoms with van der Waals surface area (Å²) in [5, 5.41) is 0. The molecule has 51 valence electrons. The van der Waals surface area contributed by atoms with E-state index in [1.807, 2.05) is 0 Å². The fourth-order valence-electron chi connectivity index (χ4n) is 0.427. The third kappa shape index (κ3) is 15.8. The Morgan fingerprint density at radius 3 is 2.00 bits per heavy atom. The molecule has 0 saturated heterocycles. The Morgan fingerprint density at radius 2 is 1.88 bits per heavy atom. The van der Waals surface area contributed by atoms with Crippen molar-refractivity contribution >= 4 is 10.1 Å². The van der Waals surface area contributed by atoms with Crippen molar-refractivity contribution in [2.75, 3.05) is 0 Å². The van der Waals surface area contributed by atoms with Crippen LogP contribution >= 0.6 is 10.1 Å². The van der Waals surface area contributed by atoms with E-state index in [-0.39, 0.29) is 0 Å². The molecule has 0 aliphatic carbocycles. The van der Waals surface area contributed by atoms with E-state index < -0.39 is 0 Å². The topological polar surface area (TPSA) is 0 Å². The van der Waals surface area contributed by atoms with Crippen LogP contribution in [0, 0.1) is 6.92 Å². The average Bonchev–Trinajstić information content (AvgIpc) is 1.88. The summed E-state index contributed by atoms with van der Waals surface area (Å²) in [6, 6.07) is 0. The second-order valence-corrected chi connectivity index (χ2v) is 1.56. The van der Waals surface area contributed by atoms with Gasteiger partial charge in [-0.15, -0.1) is 0 Å². The molecule has 0 saturated carbocycles. The molecule has 0 aromatic heterocycles. The van der Waals surface area contributed by atoms with Gasteiger partial charge in [0.05, 0.1) is 0 Å². The summed E-state index contributed by atoms with van der Waals surface area (Å²) < 4.78 is 0. The van der Waals surface area contributed by atoms with Gasteiger partial charge in [-0.05, 0) is 0 Å². The molecule has 2 heteroatoms. The van der Waals surface area contributed by atoms with Gasteiger partial charge in [-0.25, -0.2) is 0 Å². The van der Waals surface area contributed by atoms with Gasteiger partial charge in [0.15, 0.2) is 0 Å². The first-order chi connectivity index (χ1) is 3.91. The SMILES string of the molecule is [CH2-]CCCCC.[Cl][Mn+]. The Balaban J connectivity index is 0. The van der Waals surface area contributed by atoms with Gasteiger partial charge in [-0.3, -0.25) is 0 Å². The predicted molar refractivity (Wildman–Crippen MR) is 35.4 cm³/mol. The van der Waals surface area contributed by atoms with Crippen molar-refractivity contribution in [3.63, 3.8) is 0 Å². The van der Waals surface area contributed by atoms with Crippen molar-refractivity contribution in [2.45, 2.75) is 32.6 Å². The zero-order valence-corrected chi connectivity index (χ0v) is 7.23. The molecule has 0 N–H and O–H groups in total. The number of hydrogen-bond acceptors (Lipinski definition) is 0. The molecule has 0 radical (unpaired) electrons. The molecule has 0 aromatic rings. The number of rotatable bonds is 3. The molecule has 0 fully saturated rings. The van der Waals surface area contributed by atoms with E-state index in [4.69, 9.17) is 0 Å². The van der Waals surface area contributed by atoms with Crippen LogP contribution in [0.25, 0.3) is 0 Å². The third-order valence-electron chi connectivity index (χ3n) is 0.854. The molecular formula is C6H13ClMn. The Labute approximate surface area is 65.0 Å². The van der Waals surface area contributed by atoms with Crippen LogP contribution in [-0.4, -0.2) is 0 Å². The maximum atomic E-state index is 4.45. The fourth-order valence-corrected chi connectivity index (χ4v) is 0.427. The molecule has 8 heavy (non-hydrogen) atoms. The minimum atomic E-state index is 1.10. The minimum absolute atomic E-state index is 1.10. The molecule has 0 spiro atoms. The van der Waals surface area contributed by atoms with Crippen molar-refractivity contribution in [3.8, 4) is 0 Å². The van der Waals surface area contributed by atoms with Crippen molar-refractivity contribution < 1.29 is 15.1 Å². The summed E-state index contributed by atoms with van der Waals surface area (Å²) >= 11 is 2.41. The van der Waals surface area contributed by atoms with Gasteiger partial charge >= 0.3 is 25.2 Å². The number of hydrogen-bond donors (Lipinski definition) is 0. The molecule has 0 heterocycles. The standard InChI is InChI=1S/C6H13.ClH.Mn/c1-3-5-6-4-2;;/h1,3-6H2,2H3;1H;/q-1;;+2/p-1. The second-order valence-electron chi connectivity index (χ2n) is 1.56. The summed E-state index contributed by atoms with van der Waals surface area (Å²) in [6.07, 6.45) is 5.07. The van der Waals surface area contributed by atoms with Gasteiger partial charge in [0.1, 0.15) is 0 Å². The van der Waals surface area contributed by atoms with Gasteiger partial charge in [0, 0.05) is 0 Å². The Bertz CT molecular complexity index is 20.5. The van der Waals surface area contributed by atoms with E-state index in [1.54, 1.807) is 0 Å². The van der Waals surface area contributed by atoms with E-state index in [2.05, 4.69) is 39.0 Å². The van der Waals surface area contributed by atoms with Crippen LogP contribution in [0.2, 0.25) is 0 Å². The predicted octanol–water partition coefficient (Wildman–Crippen LogP) is 3.09. The first-order valence-electron chi connectivity index (χ1n) is 2.85. The molecule has 0 amide bonds. The van der Waals surface area contributed by atoms with Gasteiger partial charge < -0.3 is 6.92 Å². The Hall–Kier alpha value is 0.809. The van der Waals surface area contributed by atoms with Crippen molar-refractivity contribution in [3.05, 3.63) is 6.92 Å². The van der Waals surface area contributed by atoms with Crippen LogP contribution in [0.3, 0.4) is 0 Å². The monoisotopic (exact) mass is 175 g/mol. The van der Waals surface area contributed by atoms with Crippen molar-refractivity contribution in [1.29, 1.82) is 0 Å². The van der Waals surface area contributed by atoms with E-state index >= 15 is 0 Å². The van der Waals surface area contributed by atoms with Crippen molar-refractivity contribution in [2.24, 2.45) is 0 Å². The zero-order valence-electron chi connectivity index (χ0n) is 5.29. The molecule has 0 bridgehead atoms. The normalized spacial score (nSPS) is 7.38. The van der Waals surface area contributed by atoms with Crippen LogP contribution in [0.4, 0.5) is 0 Å². The summed E-state index contributed by atoms with van der Waals surface area (Å²) in [4.78, 5) is 0. The van der Waals surface area contributed by atoms with Crippen LogP contribution < -0.4 is 0 Å². The summed E-state index contributed by atoms with van der Waals surface area (Å²) in [7, 11) is 4.45. The second kappa shape index (κ2) is 15.7. The third-order valence-corrected chi connectivity index (χ3v) is 0.854. The van der Waals surface area contributed by atoms with Crippen LogP contribution in [-0.2, 0) is 15.1 Å². The van der Waals surface area contributed by atoms with Gasteiger partial charge in [0.25, 0.3) is 0 Å². The molecule has 0 aromatic carbocycles. The molecule has 0 aliphatic rings. The first-order valence-corrected chi connectivity index (χ1v) is 4.47. The molecule has 0 atom stereocenters. The molecule has 0 rings (SSSR count). The van der Waals surface area contributed by atoms with E-state index in [1.165, 1.54) is 19.3 Å². The van der Waals surface area contributed by atoms with Gasteiger partial charge in [-0.1, -0.05) is 26.2 Å². The molecule has 0 aliphatic heterocycles. The molecule has 0 unspecified atom stereocenters. The molecular weight excluding hydrogens is 162 g/mol. The Kier molecular flexibility index (Phi) is 22.7. The van der Waals surface area contributed by atoms with Gasteiger partial charge in [-0.2, -0.15) is 6.42 Å². The summed E-state index contributed by atoms with van der Waals surface area (Å²) in [5.74, 6) is 0. The van der Waals surface area contributed by atoms with E-state index in [0.717, 1.165) is 6.42 Å². The molecule has 0 nitrogen and oxygen atoms in total. The van der Waals surface area contributed by atoms with Gasteiger partial charge in [0.2, 0.25) is 0 Å². The number of unbranched alkanes of at least 4 members (excludes halogenated alkanes) is 3. The van der Waals surface area contributed by atoms with E-state index in [9.17, 15) is 0 Å². The zero-order chi connectivity index (χ0) is 6.83. The summed E-state index contributed by atoms with van der Waals surface area (Å²) in [6.45, 7) is 5.93. The maximum absolute atomic E-state index is 4.45. The fraction of sp³-hybridized carbons (Fsp3) is 0.833. The van der Waals surface area contributed by atoms with Crippen molar-refractivity contribution in [1.82, 2.24) is 0 Å². The van der Waals surface area contributed by atoms with E-state index in [0.29, 0.717) is 0 Å².